The van der Waals surface area contributed by atoms with Gasteiger partial charge in [-0.2, -0.15) is 12.7 Å². The summed E-state index contributed by atoms with van der Waals surface area (Å²) in [4.78, 5) is 29.3. The Morgan fingerprint density at radius 1 is 0.875 bits per heavy atom. The standard InChI is InChI=1S/C30H37BrN4O4S/c1-23(2)20-32-30(37)28(19-24-12-7-5-8-13-24)34(21-25-14-11-15-26(31)18-25)29(36)22-35(40(38,39)33(3)4)27-16-9-6-10-17-27/h5-18,23,28H,19-22H2,1-4H3,(H,32,37). The van der Waals surface area contributed by atoms with Gasteiger partial charge in [0.2, 0.25) is 11.8 Å². The quantitative estimate of drug-likeness (QED) is 0.302. The van der Waals surface area contributed by atoms with E-state index < -0.39 is 28.7 Å². The van der Waals surface area contributed by atoms with Crippen LogP contribution in [0.4, 0.5) is 5.69 Å². The summed E-state index contributed by atoms with van der Waals surface area (Å²) in [7, 11) is -1.17. The number of benzene rings is 3. The van der Waals surface area contributed by atoms with Crippen LogP contribution < -0.4 is 9.62 Å². The van der Waals surface area contributed by atoms with E-state index in [1.54, 1.807) is 30.3 Å². The van der Waals surface area contributed by atoms with Crippen molar-refractivity contribution in [3.63, 3.8) is 0 Å². The van der Waals surface area contributed by atoms with Crippen LogP contribution in [0.1, 0.15) is 25.0 Å². The summed E-state index contributed by atoms with van der Waals surface area (Å²) in [5, 5.41) is 2.99. The van der Waals surface area contributed by atoms with Crippen molar-refractivity contribution >= 4 is 43.6 Å². The van der Waals surface area contributed by atoms with E-state index in [0.717, 1.165) is 24.2 Å². The summed E-state index contributed by atoms with van der Waals surface area (Å²) in [5.41, 5.74) is 2.05. The highest BCUT2D eigenvalue weighted by atomic mass is 79.9. The highest BCUT2D eigenvalue weighted by molar-refractivity contribution is 9.10. The Hall–Kier alpha value is -3.21. The van der Waals surface area contributed by atoms with Gasteiger partial charge in [0.1, 0.15) is 12.6 Å². The third-order valence-corrected chi connectivity index (χ3v) is 8.57. The van der Waals surface area contributed by atoms with Crippen LogP contribution in [-0.2, 0) is 32.8 Å². The molecule has 0 heterocycles. The molecule has 0 spiro atoms. The second-order valence-corrected chi connectivity index (χ2v) is 13.1. The van der Waals surface area contributed by atoms with Crippen LogP contribution in [0.15, 0.2) is 89.4 Å². The molecule has 0 bridgehead atoms. The Morgan fingerprint density at radius 3 is 2.05 bits per heavy atom. The van der Waals surface area contributed by atoms with Gasteiger partial charge in [-0.1, -0.05) is 90.4 Å². The lowest BCUT2D eigenvalue weighted by Gasteiger charge is -2.34. The van der Waals surface area contributed by atoms with Crippen LogP contribution >= 0.6 is 15.9 Å². The van der Waals surface area contributed by atoms with Crippen LogP contribution in [0.3, 0.4) is 0 Å². The number of rotatable bonds is 13. The van der Waals surface area contributed by atoms with Crippen LogP contribution in [0, 0.1) is 5.92 Å². The normalized spacial score (nSPS) is 12.3. The Balaban J connectivity index is 2.07. The SMILES string of the molecule is CC(C)CNC(=O)C(Cc1ccccc1)N(Cc1cccc(Br)c1)C(=O)CN(c1ccccc1)S(=O)(=O)N(C)C. The molecule has 40 heavy (non-hydrogen) atoms. The molecule has 1 unspecified atom stereocenters. The van der Waals surface area contributed by atoms with Gasteiger partial charge in [-0.15, -0.1) is 0 Å². The number of nitrogens with zero attached hydrogens (tertiary/aromatic N) is 3. The highest BCUT2D eigenvalue weighted by Gasteiger charge is 2.34. The van der Waals surface area contributed by atoms with E-state index in [1.807, 2.05) is 68.4 Å². The molecule has 10 heteroatoms. The largest absolute Gasteiger partial charge is 0.354 e. The summed E-state index contributed by atoms with van der Waals surface area (Å²) >= 11 is 3.49. The molecule has 0 aliphatic heterocycles. The minimum Gasteiger partial charge on any atom is -0.354 e. The molecule has 0 radical (unpaired) electrons. The number of para-hydroxylation sites is 1. The zero-order chi connectivity index (χ0) is 29.3. The van der Waals surface area contributed by atoms with E-state index in [2.05, 4.69) is 21.2 Å². The van der Waals surface area contributed by atoms with E-state index in [4.69, 9.17) is 0 Å². The summed E-state index contributed by atoms with van der Waals surface area (Å²) in [6, 6.07) is 24.6. The van der Waals surface area contributed by atoms with Crippen molar-refractivity contribution in [3.8, 4) is 0 Å². The number of anilines is 1. The number of amides is 2. The first-order valence-corrected chi connectivity index (χ1v) is 15.3. The predicted octanol–water partition coefficient (Wildman–Crippen LogP) is 4.47. The molecule has 214 valence electrons. The molecule has 0 aliphatic rings. The highest BCUT2D eigenvalue weighted by Crippen LogP contribution is 2.22. The number of carbonyl (C=O) groups is 2. The second kappa shape index (κ2) is 14.4. The molecule has 3 aromatic rings. The molecule has 2 amide bonds. The molecule has 0 saturated carbocycles. The van der Waals surface area contributed by atoms with Crippen molar-refractivity contribution in [2.75, 3.05) is 31.5 Å². The summed E-state index contributed by atoms with van der Waals surface area (Å²) in [6.07, 6.45) is 0.274. The third-order valence-electron chi connectivity index (χ3n) is 6.26. The molecular weight excluding hydrogens is 592 g/mol. The molecule has 0 aromatic heterocycles. The lowest BCUT2D eigenvalue weighted by molar-refractivity contribution is -0.140. The van der Waals surface area contributed by atoms with E-state index >= 15 is 0 Å². The van der Waals surface area contributed by atoms with Gasteiger partial charge in [0.05, 0.1) is 5.69 Å². The van der Waals surface area contributed by atoms with Crippen LogP contribution in [0.25, 0.3) is 0 Å². The van der Waals surface area contributed by atoms with E-state index in [0.29, 0.717) is 12.2 Å². The van der Waals surface area contributed by atoms with Crippen molar-refractivity contribution < 1.29 is 18.0 Å². The molecule has 3 rings (SSSR count). The molecule has 3 aromatic carbocycles. The number of nitrogens with one attached hydrogen (secondary N) is 1. The monoisotopic (exact) mass is 628 g/mol. The number of hydrogen-bond donors (Lipinski definition) is 1. The van der Waals surface area contributed by atoms with E-state index in [-0.39, 0.29) is 24.8 Å². The minimum atomic E-state index is -4.02. The lowest BCUT2D eigenvalue weighted by atomic mass is 10.0. The Bertz CT molecular complexity index is 1370. The van der Waals surface area contributed by atoms with Crippen molar-refractivity contribution in [3.05, 3.63) is 101 Å². The molecule has 1 atom stereocenters. The van der Waals surface area contributed by atoms with Crippen molar-refractivity contribution in [1.82, 2.24) is 14.5 Å². The summed E-state index contributed by atoms with van der Waals surface area (Å²) in [5.74, 6) is -0.563. The van der Waals surface area contributed by atoms with Gasteiger partial charge in [-0.3, -0.25) is 9.59 Å². The van der Waals surface area contributed by atoms with E-state index in [1.165, 1.54) is 19.0 Å². The average molecular weight is 630 g/mol. The van der Waals surface area contributed by atoms with Gasteiger partial charge < -0.3 is 10.2 Å². The maximum atomic E-state index is 14.2. The molecule has 1 N–H and O–H groups in total. The summed E-state index contributed by atoms with van der Waals surface area (Å²) in [6.45, 7) is 4.10. The minimum absolute atomic E-state index is 0.121. The Labute approximate surface area is 246 Å². The topological polar surface area (TPSA) is 90.0 Å². The van der Waals surface area contributed by atoms with Gasteiger partial charge in [0.15, 0.2) is 0 Å². The zero-order valence-corrected chi connectivity index (χ0v) is 25.7. The first-order valence-electron chi connectivity index (χ1n) is 13.1. The fourth-order valence-corrected chi connectivity index (χ4v) is 5.62. The Kier molecular flexibility index (Phi) is 11.3. The molecule has 0 fully saturated rings. The smallest absolute Gasteiger partial charge is 0.304 e. The van der Waals surface area contributed by atoms with Gasteiger partial charge in [0, 0.05) is 38.1 Å². The number of hydrogen-bond acceptors (Lipinski definition) is 4. The van der Waals surface area contributed by atoms with Gasteiger partial charge in [0.25, 0.3) is 0 Å². The first kappa shape index (κ1) is 31.3. The predicted molar refractivity (Wildman–Crippen MR) is 163 cm³/mol. The molecule has 8 nitrogen and oxygen atoms in total. The zero-order valence-electron chi connectivity index (χ0n) is 23.3. The number of carbonyl (C=O) groups excluding carboxylic acids is 2. The van der Waals surface area contributed by atoms with Crippen LogP contribution in [0.5, 0.6) is 0 Å². The van der Waals surface area contributed by atoms with Gasteiger partial charge in [-0.25, -0.2) is 4.31 Å². The molecule has 0 saturated heterocycles. The lowest BCUT2D eigenvalue weighted by Crippen LogP contribution is -2.54. The fraction of sp³-hybridized carbons (Fsp3) is 0.333. The van der Waals surface area contributed by atoms with Crippen LogP contribution in [-0.4, -0.2) is 62.7 Å². The Morgan fingerprint density at radius 2 is 1.48 bits per heavy atom. The molecule has 0 aliphatic carbocycles. The molecular formula is C30H37BrN4O4S. The van der Waals surface area contributed by atoms with Gasteiger partial charge in [-0.05, 0) is 41.3 Å². The first-order chi connectivity index (χ1) is 19.0. The maximum Gasteiger partial charge on any atom is 0.304 e. The number of halogens is 1. The van der Waals surface area contributed by atoms with Crippen molar-refractivity contribution in [2.24, 2.45) is 5.92 Å². The fourth-order valence-electron chi connectivity index (χ4n) is 4.12. The average Bonchev–Trinajstić information content (AvgIpc) is 2.93. The van der Waals surface area contributed by atoms with Gasteiger partial charge >= 0.3 is 10.2 Å². The maximum absolute atomic E-state index is 14.2. The van der Waals surface area contributed by atoms with Crippen LogP contribution in [0.2, 0.25) is 0 Å². The van der Waals surface area contributed by atoms with Crippen molar-refractivity contribution in [1.29, 1.82) is 0 Å². The van der Waals surface area contributed by atoms with Crippen molar-refractivity contribution in [2.45, 2.75) is 32.9 Å². The summed E-state index contributed by atoms with van der Waals surface area (Å²) < 4.78 is 29.7. The third kappa shape index (κ3) is 8.64. The second-order valence-electron chi connectivity index (χ2n) is 10.1. The van der Waals surface area contributed by atoms with E-state index in [9.17, 15) is 18.0 Å².